The minimum atomic E-state index is -3.95. The SMILES string of the molecule is Cc1ccnc(NC(=O)c2ccc(NS(=O)(=O)c3ccc(F)c(Cl)c3)cc2)c1. The summed E-state index contributed by atoms with van der Waals surface area (Å²) in [4.78, 5) is 16.2. The summed E-state index contributed by atoms with van der Waals surface area (Å²) in [6.07, 6.45) is 1.59. The lowest BCUT2D eigenvalue weighted by Crippen LogP contribution is -2.14. The molecule has 0 aliphatic rings. The number of rotatable bonds is 5. The van der Waals surface area contributed by atoms with Crippen molar-refractivity contribution in [3.05, 3.63) is 82.8 Å². The van der Waals surface area contributed by atoms with Gasteiger partial charge in [0.1, 0.15) is 11.6 Å². The molecule has 0 bridgehead atoms. The first kappa shape index (κ1) is 19.8. The maximum atomic E-state index is 13.2. The Morgan fingerprint density at radius 3 is 2.43 bits per heavy atom. The average Bonchev–Trinajstić information content (AvgIpc) is 2.64. The second-order valence-corrected chi connectivity index (χ2v) is 8.02. The van der Waals surface area contributed by atoms with Crippen molar-refractivity contribution in [1.82, 2.24) is 4.98 Å². The molecule has 2 N–H and O–H groups in total. The molecular formula is C19H15ClFN3O3S. The maximum absolute atomic E-state index is 13.2. The Balaban J connectivity index is 1.73. The highest BCUT2D eigenvalue weighted by molar-refractivity contribution is 7.92. The van der Waals surface area contributed by atoms with Gasteiger partial charge in [-0.25, -0.2) is 17.8 Å². The minimum Gasteiger partial charge on any atom is -0.307 e. The number of amides is 1. The zero-order valence-electron chi connectivity index (χ0n) is 14.6. The van der Waals surface area contributed by atoms with E-state index in [2.05, 4.69) is 15.0 Å². The average molecular weight is 420 g/mol. The third-order valence-corrected chi connectivity index (χ3v) is 5.43. The van der Waals surface area contributed by atoms with Crippen LogP contribution in [0.15, 0.2) is 65.7 Å². The van der Waals surface area contributed by atoms with E-state index >= 15 is 0 Å². The molecule has 2 aromatic carbocycles. The molecule has 6 nitrogen and oxygen atoms in total. The second kappa shape index (κ2) is 7.95. The quantitative estimate of drug-likeness (QED) is 0.647. The molecule has 3 aromatic rings. The molecule has 0 fully saturated rings. The summed E-state index contributed by atoms with van der Waals surface area (Å²) in [6.45, 7) is 1.88. The van der Waals surface area contributed by atoms with Gasteiger partial charge in [0, 0.05) is 17.4 Å². The van der Waals surface area contributed by atoms with Crippen molar-refractivity contribution in [3.8, 4) is 0 Å². The van der Waals surface area contributed by atoms with Gasteiger partial charge in [0.15, 0.2) is 0 Å². The number of hydrogen-bond donors (Lipinski definition) is 2. The van der Waals surface area contributed by atoms with Gasteiger partial charge in [-0.05, 0) is 67.1 Å². The van der Waals surface area contributed by atoms with Gasteiger partial charge in [0.2, 0.25) is 0 Å². The van der Waals surface area contributed by atoms with Crippen LogP contribution in [0.1, 0.15) is 15.9 Å². The van der Waals surface area contributed by atoms with E-state index in [1.54, 1.807) is 12.3 Å². The first-order valence-corrected chi connectivity index (χ1v) is 9.93. The number of nitrogens with zero attached hydrogens (tertiary/aromatic N) is 1. The van der Waals surface area contributed by atoms with Gasteiger partial charge in [-0.15, -0.1) is 0 Å². The zero-order chi connectivity index (χ0) is 20.3. The topological polar surface area (TPSA) is 88.2 Å². The van der Waals surface area contributed by atoms with E-state index in [1.807, 2.05) is 13.0 Å². The van der Waals surface area contributed by atoms with Crippen molar-refractivity contribution in [2.75, 3.05) is 10.0 Å². The first-order chi connectivity index (χ1) is 13.2. The predicted octanol–water partition coefficient (Wildman–Crippen LogP) is 4.24. The Morgan fingerprint density at radius 1 is 1.07 bits per heavy atom. The molecule has 0 radical (unpaired) electrons. The summed E-state index contributed by atoms with van der Waals surface area (Å²) >= 11 is 5.64. The van der Waals surface area contributed by atoms with Gasteiger partial charge >= 0.3 is 0 Å². The van der Waals surface area contributed by atoms with E-state index in [4.69, 9.17) is 11.6 Å². The standard InChI is InChI=1S/C19H15ClFN3O3S/c1-12-8-9-22-18(10-12)23-19(25)13-2-4-14(5-3-13)24-28(26,27)15-6-7-17(21)16(20)11-15/h2-11,24H,1H3,(H,22,23,25). The number of aryl methyl sites for hydroxylation is 1. The Labute approximate surface area is 166 Å². The van der Waals surface area contributed by atoms with Crippen molar-refractivity contribution < 1.29 is 17.6 Å². The van der Waals surface area contributed by atoms with Crippen LogP contribution >= 0.6 is 11.6 Å². The van der Waals surface area contributed by atoms with Crippen LogP contribution in [0.4, 0.5) is 15.9 Å². The minimum absolute atomic E-state index is 0.175. The Kier molecular flexibility index (Phi) is 5.62. The molecule has 1 aromatic heterocycles. The molecule has 9 heteroatoms. The van der Waals surface area contributed by atoms with Crippen LogP contribution in [-0.2, 0) is 10.0 Å². The summed E-state index contributed by atoms with van der Waals surface area (Å²) in [6, 6.07) is 12.5. The van der Waals surface area contributed by atoms with E-state index in [0.717, 1.165) is 23.8 Å². The van der Waals surface area contributed by atoms with Crippen molar-refractivity contribution in [2.45, 2.75) is 11.8 Å². The number of hydrogen-bond acceptors (Lipinski definition) is 4. The zero-order valence-corrected chi connectivity index (χ0v) is 16.2. The van der Waals surface area contributed by atoms with E-state index < -0.39 is 15.8 Å². The van der Waals surface area contributed by atoms with Gasteiger partial charge in [-0.1, -0.05) is 11.6 Å². The summed E-state index contributed by atoms with van der Waals surface area (Å²) in [5.74, 6) is -0.667. The monoisotopic (exact) mass is 419 g/mol. The molecule has 1 amide bonds. The van der Waals surface area contributed by atoms with Crippen LogP contribution in [0.3, 0.4) is 0 Å². The molecule has 144 valence electrons. The number of benzene rings is 2. The van der Waals surface area contributed by atoms with Crippen molar-refractivity contribution in [2.24, 2.45) is 0 Å². The summed E-state index contributed by atoms with van der Waals surface area (Å²) in [5, 5.41) is 2.37. The Hall–Kier alpha value is -2.97. The highest BCUT2D eigenvalue weighted by atomic mass is 35.5. The molecule has 0 saturated heterocycles. The first-order valence-electron chi connectivity index (χ1n) is 8.06. The van der Waals surface area contributed by atoms with Gasteiger partial charge < -0.3 is 5.32 Å². The number of anilines is 2. The number of sulfonamides is 1. The van der Waals surface area contributed by atoms with E-state index in [9.17, 15) is 17.6 Å². The van der Waals surface area contributed by atoms with Crippen molar-refractivity contribution in [1.29, 1.82) is 0 Å². The lowest BCUT2D eigenvalue weighted by atomic mass is 10.2. The summed E-state index contributed by atoms with van der Waals surface area (Å²) < 4.78 is 40.3. The van der Waals surface area contributed by atoms with E-state index in [1.165, 1.54) is 24.3 Å². The molecule has 0 aliphatic carbocycles. The van der Waals surface area contributed by atoms with Crippen LogP contribution in [-0.4, -0.2) is 19.3 Å². The molecule has 0 saturated carbocycles. The van der Waals surface area contributed by atoms with E-state index in [-0.39, 0.29) is 21.5 Å². The Bertz CT molecular complexity index is 1140. The molecule has 0 aliphatic heterocycles. The summed E-state index contributed by atoms with van der Waals surface area (Å²) in [5.41, 5.74) is 1.53. The summed E-state index contributed by atoms with van der Waals surface area (Å²) in [7, 11) is -3.95. The van der Waals surface area contributed by atoms with Gasteiger partial charge in [-0.3, -0.25) is 9.52 Å². The largest absolute Gasteiger partial charge is 0.307 e. The second-order valence-electron chi connectivity index (χ2n) is 5.93. The highest BCUT2D eigenvalue weighted by Gasteiger charge is 2.16. The normalized spacial score (nSPS) is 11.1. The third kappa shape index (κ3) is 4.65. The molecule has 0 unspecified atom stereocenters. The molecule has 0 atom stereocenters. The number of nitrogens with one attached hydrogen (secondary N) is 2. The third-order valence-electron chi connectivity index (χ3n) is 3.76. The lowest BCUT2D eigenvalue weighted by molar-refractivity contribution is 0.102. The number of halogens is 2. The molecule has 1 heterocycles. The number of carbonyl (C=O) groups is 1. The fourth-order valence-corrected chi connectivity index (χ4v) is 3.67. The van der Waals surface area contributed by atoms with Gasteiger partial charge in [-0.2, -0.15) is 0 Å². The fraction of sp³-hybridized carbons (Fsp3) is 0.0526. The van der Waals surface area contributed by atoms with Crippen LogP contribution in [0, 0.1) is 12.7 Å². The van der Waals surface area contributed by atoms with Gasteiger partial charge in [0.05, 0.1) is 9.92 Å². The number of carbonyl (C=O) groups excluding carboxylic acids is 1. The Morgan fingerprint density at radius 2 is 1.79 bits per heavy atom. The number of aromatic nitrogens is 1. The molecule has 3 rings (SSSR count). The highest BCUT2D eigenvalue weighted by Crippen LogP contribution is 2.22. The molecule has 28 heavy (non-hydrogen) atoms. The molecule has 0 spiro atoms. The lowest BCUT2D eigenvalue weighted by Gasteiger charge is -2.10. The van der Waals surface area contributed by atoms with Crippen LogP contribution in [0.25, 0.3) is 0 Å². The van der Waals surface area contributed by atoms with Crippen molar-refractivity contribution >= 4 is 39.0 Å². The fourth-order valence-electron chi connectivity index (χ4n) is 2.34. The van der Waals surface area contributed by atoms with Gasteiger partial charge in [0.25, 0.3) is 15.9 Å². The number of pyridine rings is 1. The van der Waals surface area contributed by atoms with Crippen LogP contribution in [0.2, 0.25) is 5.02 Å². The molecular weight excluding hydrogens is 405 g/mol. The van der Waals surface area contributed by atoms with Crippen LogP contribution in [0.5, 0.6) is 0 Å². The maximum Gasteiger partial charge on any atom is 0.261 e. The van der Waals surface area contributed by atoms with Crippen LogP contribution < -0.4 is 10.0 Å². The van der Waals surface area contributed by atoms with E-state index in [0.29, 0.717) is 11.4 Å². The smallest absolute Gasteiger partial charge is 0.261 e. The van der Waals surface area contributed by atoms with Crippen molar-refractivity contribution in [3.63, 3.8) is 0 Å². The predicted molar refractivity (Wildman–Crippen MR) is 106 cm³/mol.